The Labute approximate surface area is 123 Å². The van der Waals surface area contributed by atoms with E-state index < -0.39 is 0 Å². The summed E-state index contributed by atoms with van der Waals surface area (Å²) in [4.78, 5) is 20.2. The number of aliphatic hydroxyl groups excluding tert-OH is 1. The van der Waals surface area contributed by atoms with Gasteiger partial charge in [0, 0.05) is 36.3 Å². The smallest absolute Gasteiger partial charge is 0.251 e. The van der Waals surface area contributed by atoms with Gasteiger partial charge in [0.2, 0.25) is 0 Å². The Bertz CT molecular complexity index is 589. The number of nitrogens with one attached hydrogen (secondary N) is 2. The van der Waals surface area contributed by atoms with Crippen molar-refractivity contribution in [1.82, 2.24) is 15.3 Å². The molecule has 6 heteroatoms. The number of aliphatic hydroxyl groups is 1. The summed E-state index contributed by atoms with van der Waals surface area (Å²) >= 11 is 0. The van der Waals surface area contributed by atoms with Crippen LogP contribution in [0.15, 0.2) is 42.9 Å². The van der Waals surface area contributed by atoms with Gasteiger partial charge in [-0.3, -0.25) is 9.78 Å². The predicted molar refractivity (Wildman–Crippen MR) is 80.4 cm³/mol. The molecule has 0 aliphatic rings. The Morgan fingerprint density at radius 2 is 2.24 bits per heavy atom. The van der Waals surface area contributed by atoms with Gasteiger partial charge < -0.3 is 15.7 Å². The van der Waals surface area contributed by atoms with Crippen LogP contribution in [0.5, 0.6) is 0 Å². The largest absolute Gasteiger partial charge is 0.396 e. The van der Waals surface area contributed by atoms with Crippen LogP contribution in [0, 0.1) is 0 Å². The normalized spacial score (nSPS) is 11.7. The molecule has 0 aliphatic carbocycles. The van der Waals surface area contributed by atoms with E-state index in [1.165, 1.54) is 0 Å². The Morgan fingerprint density at radius 1 is 1.38 bits per heavy atom. The Morgan fingerprint density at radius 3 is 2.95 bits per heavy atom. The minimum absolute atomic E-state index is 0.0513. The lowest BCUT2D eigenvalue weighted by molar-refractivity contribution is 0.0934. The Balaban J connectivity index is 2.05. The van der Waals surface area contributed by atoms with E-state index in [0.717, 1.165) is 5.69 Å². The number of nitrogens with zero attached hydrogens (tertiary/aromatic N) is 2. The van der Waals surface area contributed by atoms with Gasteiger partial charge in [-0.05, 0) is 31.5 Å². The first-order chi connectivity index (χ1) is 10.2. The van der Waals surface area contributed by atoms with Crippen molar-refractivity contribution in [3.8, 4) is 0 Å². The topological polar surface area (TPSA) is 87.1 Å². The predicted octanol–water partition coefficient (Wildman–Crippen LogP) is 1.72. The van der Waals surface area contributed by atoms with E-state index >= 15 is 0 Å². The third kappa shape index (κ3) is 4.54. The molecule has 0 saturated heterocycles. The second-order valence-electron chi connectivity index (χ2n) is 4.68. The molecule has 1 amide bonds. The van der Waals surface area contributed by atoms with Crippen molar-refractivity contribution < 1.29 is 9.90 Å². The third-order valence-electron chi connectivity index (χ3n) is 2.90. The van der Waals surface area contributed by atoms with Crippen molar-refractivity contribution >= 4 is 17.4 Å². The van der Waals surface area contributed by atoms with Crippen molar-refractivity contribution in [2.24, 2.45) is 0 Å². The Kier molecular flexibility index (Phi) is 5.22. The second kappa shape index (κ2) is 7.35. The standard InChI is InChI=1S/C15H18N4O2/c1-11(5-8-20)18-15(21)12-3-2-4-13(9-12)19-14-10-16-6-7-17-14/h2-4,6-7,9-11,20H,5,8H2,1H3,(H,17,19)(H,18,21)/t11-/m1/s1. The zero-order valence-corrected chi connectivity index (χ0v) is 11.8. The zero-order valence-electron chi connectivity index (χ0n) is 11.8. The first kappa shape index (κ1) is 14.9. The molecular formula is C15H18N4O2. The SMILES string of the molecule is C[C@H](CCO)NC(=O)c1cccc(Nc2cnccn2)c1. The molecule has 6 nitrogen and oxygen atoms in total. The van der Waals surface area contributed by atoms with E-state index in [4.69, 9.17) is 5.11 Å². The number of hydrogen-bond donors (Lipinski definition) is 3. The van der Waals surface area contributed by atoms with E-state index in [1.54, 1.807) is 36.8 Å². The maximum atomic E-state index is 12.1. The van der Waals surface area contributed by atoms with E-state index in [1.807, 2.05) is 13.0 Å². The fourth-order valence-corrected chi connectivity index (χ4v) is 1.82. The van der Waals surface area contributed by atoms with Crippen LogP contribution in [0.3, 0.4) is 0 Å². The van der Waals surface area contributed by atoms with Crippen LogP contribution in [0.2, 0.25) is 0 Å². The van der Waals surface area contributed by atoms with Crippen LogP contribution < -0.4 is 10.6 Å². The molecule has 0 bridgehead atoms. The average Bonchev–Trinajstić information content (AvgIpc) is 2.49. The average molecular weight is 286 g/mol. The summed E-state index contributed by atoms with van der Waals surface area (Å²) in [5.74, 6) is 0.447. The fraction of sp³-hybridized carbons (Fsp3) is 0.267. The maximum absolute atomic E-state index is 12.1. The summed E-state index contributed by atoms with van der Waals surface area (Å²) in [5, 5.41) is 14.8. The fourth-order valence-electron chi connectivity index (χ4n) is 1.82. The lowest BCUT2D eigenvalue weighted by Crippen LogP contribution is -2.33. The van der Waals surface area contributed by atoms with Gasteiger partial charge in [-0.15, -0.1) is 0 Å². The van der Waals surface area contributed by atoms with Gasteiger partial charge in [-0.2, -0.15) is 0 Å². The van der Waals surface area contributed by atoms with Crippen molar-refractivity contribution in [2.45, 2.75) is 19.4 Å². The van der Waals surface area contributed by atoms with E-state index in [2.05, 4.69) is 20.6 Å². The van der Waals surface area contributed by atoms with Gasteiger partial charge >= 0.3 is 0 Å². The van der Waals surface area contributed by atoms with Gasteiger partial charge in [-0.1, -0.05) is 6.07 Å². The number of carbonyl (C=O) groups is 1. The van der Waals surface area contributed by atoms with Gasteiger partial charge in [0.1, 0.15) is 5.82 Å². The van der Waals surface area contributed by atoms with Crippen LogP contribution >= 0.6 is 0 Å². The third-order valence-corrected chi connectivity index (χ3v) is 2.90. The lowest BCUT2D eigenvalue weighted by Gasteiger charge is -2.13. The van der Waals surface area contributed by atoms with E-state index in [-0.39, 0.29) is 18.6 Å². The summed E-state index contributed by atoms with van der Waals surface area (Å²) in [6.45, 7) is 1.91. The number of carbonyl (C=O) groups excluding carboxylic acids is 1. The molecule has 3 N–H and O–H groups in total. The van der Waals surface area contributed by atoms with E-state index in [0.29, 0.717) is 17.8 Å². The summed E-state index contributed by atoms with van der Waals surface area (Å²) in [5.41, 5.74) is 1.31. The first-order valence-electron chi connectivity index (χ1n) is 6.74. The summed E-state index contributed by atoms with van der Waals surface area (Å²) in [7, 11) is 0. The highest BCUT2D eigenvalue weighted by Gasteiger charge is 2.10. The van der Waals surface area contributed by atoms with Crippen molar-refractivity contribution in [3.05, 3.63) is 48.4 Å². The molecule has 0 spiro atoms. The zero-order chi connectivity index (χ0) is 15.1. The van der Waals surface area contributed by atoms with Gasteiger partial charge in [0.15, 0.2) is 0 Å². The highest BCUT2D eigenvalue weighted by atomic mass is 16.3. The molecule has 1 heterocycles. The highest BCUT2D eigenvalue weighted by Crippen LogP contribution is 2.15. The molecule has 2 aromatic rings. The number of aromatic nitrogens is 2. The minimum Gasteiger partial charge on any atom is -0.396 e. The highest BCUT2D eigenvalue weighted by molar-refractivity contribution is 5.95. The molecular weight excluding hydrogens is 268 g/mol. The summed E-state index contributed by atoms with van der Waals surface area (Å²) < 4.78 is 0. The number of hydrogen-bond acceptors (Lipinski definition) is 5. The van der Waals surface area contributed by atoms with Gasteiger partial charge in [-0.25, -0.2) is 4.98 Å². The minimum atomic E-state index is -0.168. The Hall–Kier alpha value is -2.47. The van der Waals surface area contributed by atoms with Gasteiger partial charge in [0.05, 0.1) is 6.20 Å². The van der Waals surface area contributed by atoms with E-state index in [9.17, 15) is 4.79 Å². The van der Waals surface area contributed by atoms with Crippen LogP contribution in [0.4, 0.5) is 11.5 Å². The van der Waals surface area contributed by atoms with Crippen LogP contribution in [0.25, 0.3) is 0 Å². The molecule has 1 atom stereocenters. The molecule has 21 heavy (non-hydrogen) atoms. The number of rotatable bonds is 6. The quantitative estimate of drug-likeness (QED) is 0.752. The molecule has 0 aliphatic heterocycles. The number of amides is 1. The molecule has 0 saturated carbocycles. The molecule has 1 aromatic carbocycles. The monoisotopic (exact) mass is 286 g/mol. The summed E-state index contributed by atoms with van der Waals surface area (Å²) in [6, 6.07) is 7.06. The van der Waals surface area contributed by atoms with Crippen LogP contribution in [-0.2, 0) is 0 Å². The first-order valence-corrected chi connectivity index (χ1v) is 6.74. The van der Waals surface area contributed by atoms with Crippen molar-refractivity contribution in [2.75, 3.05) is 11.9 Å². The molecule has 0 fully saturated rings. The molecule has 0 unspecified atom stereocenters. The molecule has 0 radical (unpaired) electrons. The summed E-state index contributed by atoms with van der Waals surface area (Å²) in [6.07, 6.45) is 5.33. The number of anilines is 2. The van der Waals surface area contributed by atoms with Crippen LogP contribution in [-0.4, -0.2) is 33.6 Å². The van der Waals surface area contributed by atoms with Crippen LogP contribution in [0.1, 0.15) is 23.7 Å². The maximum Gasteiger partial charge on any atom is 0.251 e. The van der Waals surface area contributed by atoms with Crippen molar-refractivity contribution in [3.63, 3.8) is 0 Å². The van der Waals surface area contributed by atoms with Crippen molar-refractivity contribution in [1.29, 1.82) is 0 Å². The second-order valence-corrected chi connectivity index (χ2v) is 4.68. The number of benzene rings is 1. The van der Waals surface area contributed by atoms with Gasteiger partial charge in [0.25, 0.3) is 5.91 Å². The molecule has 110 valence electrons. The molecule has 1 aromatic heterocycles. The molecule has 2 rings (SSSR count). The lowest BCUT2D eigenvalue weighted by atomic mass is 10.1.